The van der Waals surface area contributed by atoms with E-state index in [1.54, 1.807) is 13.2 Å². The maximum absolute atomic E-state index is 13.0. The topological polar surface area (TPSA) is 68.2 Å². The molecule has 4 aliphatic carbocycles. The molecular weight excluding hydrogens is 424 g/mol. The van der Waals surface area contributed by atoms with Gasteiger partial charge in [0.25, 0.3) is 11.8 Å². The van der Waals surface area contributed by atoms with Crippen molar-refractivity contribution in [3.8, 4) is 11.5 Å². The van der Waals surface area contributed by atoms with E-state index in [1.807, 2.05) is 13.0 Å². The van der Waals surface area contributed by atoms with Gasteiger partial charge in [-0.15, -0.1) is 0 Å². The zero-order valence-electron chi connectivity index (χ0n) is 15.7. The second kappa shape index (κ2) is 6.44. The Labute approximate surface area is 171 Å². The highest BCUT2D eigenvalue weighted by molar-refractivity contribution is 9.10. The first-order chi connectivity index (χ1) is 13.5. The van der Waals surface area contributed by atoms with Crippen LogP contribution in [0.1, 0.15) is 18.9 Å². The fourth-order valence-corrected chi connectivity index (χ4v) is 5.85. The third kappa shape index (κ3) is 2.48. The van der Waals surface area contributed by atoms with Crippen LogP contribution in [0.15, 0.2) is 33.9 Å². The standard InChI is InChI=1S/C21H21BrN2O4/c1-3-28-19-15(22)6-10(7-16(19)27-2)9-23-24-20(25)17-11-4-5-12(14-8-13(11)14)18(17)21(24)26/h4-7,9,11-14,17-18H,3,8H2,1-2H3/b23-9-/t11-,12-,13-,14+,17+,18+/m0/s1. The maximum atomic E-state index is 13.0. The van der Waals surface area contributed by atoms with Gasteiger partial charge < -0.3 is 9.47 Å². The lowest BCUT2D eigenvalue weighted by Gasteiger charge is -2.37. The summed E-state index contributed by atoms with van der Waals surface area (Å²) in [4.78, 5) is 25.9. The summed E-state index contributed by atoms with van der Waals surface area (Å²) in [5.74, 6) is 1.98. The maximum Gasteiger partial charge on any atom is 0.254 e. The first kappa shape index (κ1) is 17.9. The lowest BCUT2D eigenvalue weighted by molar-refractivity contribution is -0.140. The van der Waals surface area contributed by atoms with Crippen LogP contribution < -0.4 is 9.47 Å². The quantitative estimate of drug-likeness (QED) is 0.397. The van der Waals surface area contributed by atoms with Gasteiger partial charge in [-0.2, -0.15) is 10.1 Å². The Kier molecular flexibility index (Phi) is 4.12. The van der Waals surface area contributed by atoms with Crippen molar-refractivity contribution in [2.75, 3.05) is 13.7 Å². The molecule has 2 amide bonds. The van der Waals surface area contributed by atoms with E-state index in [1.165, 1.54) is 6.21 Å². The molecule has 2 saturated carbocycles. The monoisotopic (exact) mass is 444 g/mol. The molecular formula is C21H21BrN2O4. The number of nitrogens with zero attached hydrogens (tertiary/aromatic N) is 2. The van der Waals surface area contributed by atoms with Gasteiger partial charge in [0, 0.05) is 0 Å². The fourth-order valence-electron chi connectivity index (χ4n) is 5.28. The number of benzene rings is 1. The van der Waals surface area contributed by atoms with Crippen LogP contribution in [0, 0.1) is 35.5 Å². The first-order valence-electron chi connectivity index (χ1n) is 9.65. The highest BCUT2D eigenvalue weighted by Gasteiger charge is 2.67. The minimum atomic E-state index is -0.231. The molecule has 7 heteroatoms. The molecule has 1 aliphatic heterocycles. The summed E-state index contributed by atoms with van der Waals surface area (Å²) in [6.07, 6.45) is 7.00. The molecule has 5 aliphatic rings. The number of hydrogen-bond acceptors (Lipinski definition) is 5. The van der Waals surface area contributed by atoms with Gasteiger partial charge in [0.05, 0.1) is 36.2 Å². The highest BCUT2D eigenvalue weighted by atomic mass is 79.9. The summed E-state index contributed by atoms with van der Waals surface area (Å²) >= 11 is 3.48. The summed E-state index contributed by atoms with van der Waals surface area (Å²) in [6.45, 7) is 2.41. The van der Waals surface area contributed by atoms with Crippen LogP contribution in [-0.4, -0.2) is 36.8 Å². The molecule has 1 saturated heterocycles. The van der Waals surface area contributed by atoms with Gasteiger partial charge in [0.1, 0.15) is 0 Å². The van der Waals surface area contributed by atoms with Crippen molar-refractivity contribution in [3.63, 3.8) is 0 Å². The number of carbonyl (C=O) groups is 2. The Morgan fingerprint density at radius 1 is 1.18 bits per heavy atom. The molecule has 1 aromatic rings. The van der Waals surface area contributed by atoms with Crippen LogP contribution in [0.2, 0.25) is 0 Å². The van der Waals surface area contributed by atoms with Gasteiger partial charge in [0.2, 0.25) is 0 Å². The number of rotatable bonds is 5. The van der Waals surface area contributed by atoms with E-state index >= 15 is 0 Å². The summed E-state index contributed by atoms with van der Waals surface area (Å²) < 4.78 is 11.7. The first-order valence-corrected chi connectivity index (χ1v) is 10.4. The van der Waals surface area contributed by atoms with Crippen molar-refractivity contribution in [1.82, 2.24) is 5.01 Å². The molecule has 1 heterocycles. The largest absolute Gasteiger partial charge is 0.493 e. The number of hydrazone groups is 1. The molecule has 0 spiro atoms. The van der Waals surface area contributed by atoms with E-state index < -0.39 is 0 Å². The molecule has 6 atom stereocenters. The van der Waals surface area contributed by atoms with Crippen LogP contribution in [0.3, 0.4) is 0 Å². The molecule has 0 N–H and O–H groups in total. The minimum Gasteiger partial charge on any atom is -0.493 e. The zero-order valence-corrected chi connectivity index (χ0v) is 17.3. The number of methoxy groups -OCH3 is 1. The summed E-state index contributed by atoms with van der Waals surface area (Å²) in [5, 5.41) is 5.36. The molecule has 3 fully saturated rings. The average Bonchev–Trinajstić information content (AvgIpc) is 3.47. The van der Waals surface area contributed by atoms with Gasteiger partial charge >= 0.3 is 0 Å². The van der Waals surface area contributed by atoms with Crippen LogP contribution in [0.4, 0.5) is 0 Å². The number of halogens is 1. The average molecular weight is 445 g/mol. The molecule has 0 radical (unpaired) electrons. The van der Waals surface area contributed by atoms with Crippen molar-refractivity contribution in [1.29, 1.82) is 0 Å². The second-order valence-corrected chi connectivity index (χ2v) is 8.71. The van der Waals surface area contributed by atoms with Crippen LogP contribution >= 0.6 is 15.9 Å². The smallest absolute Gasteiger partial charge is 0.254 e. The Hall–Kier alpha value is -2.15. The third-order valence-electron chi connectivity index (χ3n) is 6.50. The zero-order chi connectivity index (χ0) is 19.6. The van der Waals surface area contributed by atoms with Crippen molar-refractivity contribution < 1.29 is 19.1 Å². The normalized spacial score (nSPS) is 34.8. The summed E-state index contributed by atoms with van der Waals surface area (Å²) in [5.41, 5.74) is 0.714. The molecule has 146 valence electrons. The Balaban J connectivity index is 1.41. The van der Waals surface area contributed by atoms with Gasteiger partial charge in [-0.1, -0.05) is 12.2 Å². The lowest BCUT2D eigenvalue weighted by atomic mass is 9.63. The summed E-state index contributed by atoms with van der Waals surface area (Å²) in [6, 6.07) is 3.60. The van der Waals surface area contributed by atoms with Gasteiger partial charge in [-0.05, 0) is 70.6 Å². The van der Waals surface area contributed by atoms with Crippen molar-refractivity contribution in [2.24, 2.45) is 40.6 Å². The highest BCUT2D eigenvalue weighted by Crippen LogP contribution is 2.65. The molecule has 2 bridgehead atoms. The van der Waals surface area contributed by atoms with Gasteiger partial charge in [-0.25, -0.2) is 0 Å². The van der Waals surface area contributed by atoms with E-state index in [-0.39, 0.29) is 35.5 Å². The second-order valence-electron chi connectivity index (χ2n) is 7.85. The lowest BCUT2D eigenvalue weighted by Crippen LogP contribution is -2.40. The van der Waals surface area contributed by atoms with E-state index in [4.69, 9.17) is 9.47 Å². The van der Waals surface area contributed by atoms with Crippen molar-refractivity contribution in [3.05, 3.63) is 34.3 Å². The number of imide groups is 1. The van der Waals surface area contributed by atoms with Crippen molar-refractivity contribution in [2.45, 2.75) is 13.3 Å². The molecule has 28 heavy (non-hydrogen) atoms. The van der Waals surface area contributed by atoms with Gasteiger partial charge in [0.15, 0.2) is 11.5 Å². The van der Waals surface area contributed by atoms with E-state index in [0.29, 0.717) is 35.5 Å². The Morgan fingerprint density at radius 3 is 2.39 bits per heavy atom. The molecule has 6 nitrogen and oxygen atoms in total. The number of ether oxygens (including phenoxy) is 2. The molecule has 0 unspecified atom stereocenters. The Morgan fingerprint density at radius 2 is 1.82 bits per heavy atom. The van der Waals surface area contributed by atoms with Gasteiger partial charge in [-0.3, -0.25) is 9.59 Å². The third-order valence-corrected chi connectivity index (χ3v) is 7.09. The fraction of sp³-hybridized carbons (Fsp3) is 0.476. The van der Waals surface area contributed by atoms with E-state index in [0.717, 1.165) is 15.9 Å². The number of allylic oxidation sites excluding steroid dienone is 2. The van der Waals surface area contributed by atoms with Crippen LogP contribution in [0.25, 0.3) is 0 Å². The number of carbonyl (C=O) groups excluding carboxylic acids is 2. The predicted molar refractivity (Wildman–Crippen MR) is 106 cm³/mol. The Bertz CT molecular complexity index is 891. The van der Waals surface area contributed by atoms with Crippen LogP contribution in [0.5, 0.6) is 11.5 Å². The van der Waals surface area contributed by atoms with Crippen molar-refractivity contribution >= 4 is 34.0 Å². The van der Waals surface area contributed by atoms with E-state index in [9.17, 15) is 9.59 Å². The molecule has 1 aromatic carbocycles. The molecule has 6 rings (SSSR count). The van der Waals surface area contributed by atoms with E-state index in [2.05, 4.69) is 33.2 Å². The van der Waals surface area contributed by atoms with Crippen LogP contribution in [-0.2, 0) is 9.59 Å². The predicted octanol–water partition coefficient (Wildman–Crippen LogP) is 3.24. The number of amides is 2. The summed E-state index contributed by atoms with van der Waals surface area (Å²) in [7, 11) is 1.57. The minimum absolute atomic E-state index is 0.159. The number of hydrogen-bond donors (Lipinski definition) is 0. The molecule has 0 aromatic heterocycles. The SMILES string of the molecule is CCOc1c(Br)cc(/C=N\N2C(=O)[C@@H]3[C@H]4C=C[C@@H]([C@@H]5C[C@H]45)[C@H]3C2=O)cc1OC.